The maximum absolute atomic E-state index is 12.8. The van der Waals surface area contributed by atoms with E-state index in [1.807, 2.05) is 0 Å². The van der Waals surface area contributed by atoms with E-state index in [1.54, 1.807) is 26.4 Å². The zero-order valence-corrected chi connectivity index (χ0v) is 34.6. The summed E-state index contributed by atoms with van der Waals surface area (Å²) in [6.07, 6.45) is 10.4. The third-order valence-electron chi connectivity index (χ3n) is 10.6. The topological polar surface area (TPSA) is 166 Å². The minimum absolute atomic E-state index is 0.103. The summed E-state index contributed by atoms with van der Waals surface area (Å²) in [7, 11) is 6.06. The van der Waals surface area contributed by atoms with Crippen molar-refractivity contribution in [2.24, 2.45) is 16.6 Å². The van der Waals surface area contributed by atoms with Crippen LogP contribution in [-0.4, -0.2) is 98.2 Å². The maximum atomic E-state index is 12.8. The van der Waals surface area contributed by atoms with Crippen molar-refractivity contribution >= 4 is 11.9 Å². The molecule has 13 nitrogen and oxygen atoms in total. The predicted octanol–water partition coefficient (Wildman–Crippen LogP) is 7.55. The van der Waals surface area contributed by atoms with Crippen LogP contribution in [0.1, 0.15) is 113 Å². The molecular formula is C42H68N2O11. The van der Waals surface area contributed by atoms with Gasteiger partial charge in [-0.1, -0.05) is 40.5 Å². The molecule has 0 atom stereocenters. The van der Waals surface area contributed by atoms with Gasteiger partial charge in [-0.15, -0.1) is 0 Å². The second-order valence-electron chi connectivity index (χ2n) is 13.9. The number of hydrogen-bond acceptors (Lipinski definition) is 11. The van der Waals surface area contributed by atoms with Crippen molar-refractivity contribution in [2.45, 2.75) is 91.9 Å². The summed E-state index contributed by atoms with van der Waals surface area (Å²) in [5, 5.41) is 12.1. The van der Waals surface area contributed by atoms with Crippen LogP contribution in [0.2, 0.25) is 0 Å². The van der Waals surface area contributed by atoms with Crippen molar-refractivity contribution in [3.8, 4) is 34.5 Å². The van der Waals surface area contributed by atoms with E-state index in [0.717, 1.165) is 90.8 Å². The largest absolute Gasteiger partial charge is 0.493 e. The fraction of sp³-hybridized carbons (Fsp3) is 0.667. The number of rotatable bonds is 19. The predicted molar refractivity (Wildman–Crippen MR) is 214 cm³/mol. The van der Waals surface area contributed by atoms with Gasteiger partial charge in [-0.05, 0) is 93.0 Å². The van der Waals surface area contributed by atoms with E-state index in [1.165, 1.54) is 32.8 Å². The van der Waals surface area contributed by atoms with E-state index in [-0.39, 0.29) is 16.9 Å². The van der Waals surface area contributed by atoms with E-state index in [9.17, 15) is 9.59 Å². The average Bonchev–Trinajstić information content (AvgIpc) is 3.23. The number of carboxylic acid groups (broad SMARTS) is 1. The van der Waals surface area contributed by atoms with E-state index >= 15 is 0 Å². The molecule has 2 fully saturated rings. The molecule has 2 aromatic carbocycles. The average molecular weight is 777 g/mol. The molecule has 0 bridgehead atoms. The van der Waals surface area contributed by atoms with Crippen LogP contribution in [0.3, 0.4) is 0 Å². The lowest BCUT2D eigenvalue weighted by Gasteiger charge is -2.36. The second kappa shape index (κ2) is 25.3. The summed E-state index contributed by atoms with van der Waals surface area (Å²) in [5.41, 5.74) is 6.83. The van der Waals surface area contributed by atoms with E-state index < -0.39 is 5.97 Å². The maximum Gasteiger partial charge on any atom is 0.335 e. The molecule has 0 radical (unpaired) electrons. The standard InChI is InChI=1S/C21H33NO5.C13H18O5.C8H17NO/c1-5-7-10-27-19-17(24-3)13-16(14-18(19)25-4)20(23)22-15-21(6-2)8-11-26-12-9-21;1-4-5-6-18-12-10(16-2)7-9(13(14)15)8-11(12)17-3;1-2-8(7-9)3-5-10-6-4-8/h13-14H,5-12,15H2,1-4H3,(H,22,23);7-8H,4-6H2,1-3H3,(H,14,15);2-7,9H2,1H3. The van der Waals surface area contributed by atoms with Gasteiger partial charge < -0.3 is 54.1 Å². The minimum atomic E-state index is -1.04. The van der Waals surface area contributed by atoms with E-state index in [2.05, 4.69) is 33.0 Å². The fourth-order valence-corrected chi connectivity index (χ4v) is 6.27. The number of nitrogens with one attached hydrogen (secondary N) is 1. The third-order valence-corrected chi connectivity index (χ3v) is 10.6. The molecule has 2 heterocycles. The van der Waals surface area contributed by atoms with Crippen LogP contribution in [0.15, 0.2) is 24.3 Å². The number of ether oxygens (including phenoxy) is 8. The fourth-order valence-electron chi connectivity index (χ4n) is 6.27. The van der Waals surface area contributed by atoms with Crippen molar-refractivity contribution < 1.29 is 52.6 Å². The van der Waals surface area contributed by atoms with Gasteiger partial charge in [0.1, 0.15) is 0 Å². The molecule has 0 unspecified atom stereocenters. The molecule has 4 rings (SSSR count). The molecule has 0 saturated carbocycles. The normalized spacial score (nSPS) is 15.5. The number of aromatic carboxylic acids is 1. The Morgan fingerprint density at radius 3 is 1.36 bits per heavy atom. The van der Waals surface area contributed by atoms with Crippen molar-refractivity contribution in [2.75, 3.05) is 81.2 Å². The van der Waals surface area contributed by atoms with Crippen LogP contribution in [0.25, 0.3) is 0 Å². The summed E-state index contributed by atoms with van der Waals surface area (Å²) in [5.74, 6) is 1.56. The number of carbonyl (C=O) groups excluding carboxylic acids is 1. The van der Waals surface area contributed by atoms with Crippen LogP contribution < -0.4 is 39.5 Å². The number of hydrogen-bond donors (Lipinski definition) is 3. The minimum Gasteiger partial charge on any atom is -0.493 e. The highest BCUT2D eigenvalue weighted by molar-refractivity contribution is 5.95. The molecule has 2 aliphatic rings. The van der Waals surface area contributed by atoms with Crippen LogP contribution in [0, 0.1) is 10.8 Å². The van der Waals surface area contributed by atoms with Crippen molar-refractivity contribution in [1.82, 2.24) is 5.32 Å². The zero-order valence-electron chi connectivity index (χ0n) is 34.6. The number of nitrogens with two attached hydrogens (primary N) is 1. The van der Waals surface area contributed by atoms with Gasteiger partial charge in [0.15, 0.2) is 23.0 Å². The Labute approximate surface area is 328 Å². The zero-order chi connectivity index (χ0) is 40.7. The highest BCUT2D eigenvalue weighted by atomic mass is 16.5. The molecule has 312 valence electrons. The summed E-state index contributed by atoms with van der Waals surface area (Å²) in [4.78, 5) is 23.7. The third kappa shape index (κ3) is 14.6. The molecule has 13 heteroatoms. The lowest BCUT2D eigenvalue weighted by Crippen LogP contribution is -2.41. The van der Waals surface area contributed by atoms with Gasteiger partial charge in [0.25, 0.3) is 5.91 Å². The van der Waals surface area contributed by atoms with E-state index in [4.69, 9.17) is 48.7 Å². The van der Waals surface area contributed by atoms with Gasteiger partial charge >= 0.3 is 5.97 Å². The molecule has 1 amide bonds. The van der Waals surface area contributed by atoms with Crippen LogP contribution in [0.4, 0.5) is 0 Å². The molecule has 0 spiro atoms. The summed E-state index contributed by atoms with van der Waals surface area (Å²) >= 11 is 0. The Kier molecular flexibility index (Phi) is 21.7. The van der Waals surface area contributed by atoms with Gasteiger partial charge in [-0.25, -0.2) is 4.79 Å². The van der Waals surface area contributed by atoms with Crippen molar-refractivity contribution in [1.29, 1.82) is 0 Å². The van der Waals surface area contributed by atoms with Crippen LogP contribution in [0.5, 0.6) is 34.5 Å². The van der Waals surface area contributed by atoms with Crippen molar-refractivity contribution in [3.63, 3.8) is 0 Å². The molecule has 0 aliphatic carbocycles. The Balaban J connectivity index is 0.000000319. The number of unbranched alkanes of at least 4 members (excludes halogenated alkanes) is 2. The molecule has 4 N–H and O–H groups in total. The first-order valence-corrected chi connectivity index (χ1v) is 19.7. The highest BCUT2D eigenvalue weighted by Gasteiger charge is 2.32. The number of methoxy groups -OCH3 is 4. The van der Waals surface area contributed by atoms with Gasteiger partial charge in [0.05, 0.1) is 47.2 Å². The van der Waals surface area contributed by atoms with Gasteiger partial charge in [-0.2, -0.15) is 0 Å². The van der Waals surface area contributed by atoms with Crippen LogP contribution in [-0.2, 0) is 9.47 Å². The van der Waals surface area contributed by atoms with E-state index in [0.29, 0.717) is 65.2 Å². The first kappa shape index (κ1) is 47.2. The van der Waals surface area contributed by atoms with Gasteiger partial charge in [0, 0.05) is 38.5 Å². The summed E-state index contributed by atoms with van der Waals surface area (Å²) in [6, 6.07) is 6.27. The SMILES string of the molecule is CCC1(CN)CCOCC1.CCCCOc1c(OC)cc(C(=O)NCC2(CC)CCOCC2)cc1OC.CCCCOc1c(OC)cc(C(=O)O)cc1OC. The number of amides is 1. The number of benzene rings is 2. The lowest BCUT2D eigenvalue weighted by atomic mass is 9.78. The molecule has 0 aromatic heterocycles. The van der Waals surface area contributed by atoms with Gasteiger partial charge in [-0.3, -0.25) is 4.79 Å². The molecule has 55 heavy (non-hydrogen) atoms. The van der Waals surface area contributed by atoms with Crippen molar-refractivity contribution in [3.05, 3.63) is 35.4 Å². The van der Waals surface area contributed by atoms with Crippen LogP contribution >= 0.6 is 0 Å². The second-order valence-corrected chi connectivity index (χ2v) is 13.9. The Hall–Kier alpha value is -3.94. The van der Waals surface area contributed by atoms with Gasteiger partial charge in [0.2, 0.25) is 11.5 Å². The Morgan fingerprint density at radius 2 is 1.05 bits per heavy atom. The smallest absolute Gasteiger partial charge is 0.335 e. The molecule has 2 aliphatic heterocycles. The summed E-state index contributed by atoms with van der Waals surface area (Å²) < 4.78 is 43.3. The lowest BCUT2D eigenvalue weighted by molar-refractivity contribution is 0.0129. The highest BCUT2D eigenvalue weighted by Crippen LogP contribution is 2.40. The Morgan fingerprint density at radius 1 is 0.673 bits per heavy atom. The quantitative estimate of drug-likeness (QED) is 0.120. The summed E-state index contributed by atoms with van der Waals surface area (Å²) in [6.45, 7) is 14.5. The first-order chi connectivity index (χ1) is 26.5. The molecule has 2 aromatic rings. The monoisotopic (exact) mass is 776 g/mol. The number of carbonyl (C=O) groups is 2. The molecule has 2 saturated heterocycles. The molecular weight excluding hydrogens is 708 g/mol. The first-order valence-electron chi connectivity index (χ1n) is 19.7. The number of carboxylic acids is 1. The Bertz CT molecular complexity index is 1370.